The minimum Gasteiger partial charge on any atom is -0.342 e. The molecule has 0 spiro atoms. The fourth-order valence-electron chi connectivity index (χ4n) is 5.86. The monoisotopic (exact) mass is 461 g/mol. The average Bonchev–Trinajstić information content (AvgIpc) is 3.43. The van der Waals surface area contributed by atoms with Crippen molar-refractivity contribution in [1.29, 1.82) is 0 Å². The van der Waals surface area contributed by atoms with Crippen molar-refractivity contribution < 1.29 is 17.9 Å². The number of aryl methyl sites for hydroxylation is 1. The van der Waals surface area contributed by atoms with Gasteiger partial charge >= 0.3 is 0 Å². The van der Waals surface area contributed by atoms with Crippen molar-refractivity contribution in [3.63, 3.8) is 0 Å². The van der Waals surface area contributed by atoms with Gasteiger partial charge in [0, 0.05) is 31.0 Å². The Bertz CT molecular complexity index is 1260. The quantitative estimate of drug-likeness (QED) is 0.577. The molecule has 3 aromatic rings. The van der Waals surface area contributed by atoms with E-state index in [9.17, 15) is 8.42 Å². The molecule has 33 heavy (non-hydrogen) atoms. The van der Waals surface area contributed by atoms with Gasteiger partial charge in [-0.3, -0.25) is 0 Å². The summed E-state index contributed by atoms with van der Waals surface area (Å²) in [7, 11) is -3.59. The van der Waals surface area contributed by atoms with Crippen LogP contribution in [0.25, 0.3) is 0 Å². The third-order valence-electron chi connectivity index (χ3n) is 7.54. The summed E-state index contributed by atoms with van der Waals surface area (Å²) in [5.41, 5.74) is 2.39. The molecule has 2 bridgehead atoms. The SMILES string of the molecule is Cc1ccc(S(=O)(=O)N2C[C@H]3C[C@]4(c5ccccc5)OC[C@@](c5ccccc5)(O4)[C@@H]3C2)cc1. The minimum atomic E-state index is -3.59. The molecule has 3 aliphatic rings. The first-order valence-corrected chi connectivity index (χ1v) is 12.9. The molecule has 170 valence electrons. The van der Waals surface area contributed by atoms with Gasteiger partial charge in [-0.15, -0.1) is 0 Å². The second kappa shape index (κ2) is 7.50. The molecule has 3 saturated heterocycles. The highest BCUT2D eigenvalue weighted by Crippen LogP contribution is 2.60. The number of ether oxygens (including phenoxy) is 2. The van der Waals surface area contributed by atoms with Crippen LogP contribution in [0.15, 0.2) is 89.8 Å². The number of nitrogens with zero attached hydrogens (tertiary/aromatic N) is 1. The number of fused-ring (bicyclic) bond motifs is 4. The lowest BCUT2D eigenvalue weighted by Gasteiger charge is -2.45. The third-order valence-corrected chi connectivity index (χ3v) is 9.38. The third kappa shape index (κ3) is 3.20. The second-order valence-electron chi connectivity index (χ2n) is 9.47. The summed E-state index contributed by atoms with van der Waals surface area (Å²) in [4.78, 5) is 0.348. The predicted octanol–water partition coefficient (Wildman–Crippen LogP) is 4.43. The highest BCUT2D eigenvalue weighted by Gasteiger charge is 2.65. The van der Waals surface area contributed by atoms with E-state index in [1.54, 1.807) is 16.4 Å². The zero-order chi connectivity index (χ0) is 22.7. The van der Waals surface area contributed by atoms with Gasteiger partial charge in [-0.2, -0.15) is 4.31 Å². The molecule has 5 nitrogen and oxygen atoms in total. The fourth-order valence-corrected chi connectivity index (χ4v) is 7.38. The van der Waals surface area contributed by atoms with Crippen LogP contribution < -0.4 is 0 Å². The molecule has 0 saturated carbocycles. The van der Waals surface area contributed by atoms with E-state index in [0.717, 1.165) is 16.7 Å². The Morgan fingerprint density at radius 3 is 2.15 bits per heavy atom. The zero-order valence-electron chi connectivity index (χ0n) is 18.6. The molecule has 0 aromatic heterocycles. The van der Waals surface area contributed by atoms with Crippen molar-refractivity contribution in [2.75, 3.05) is 19.7 Å². The van der Waals surface area contributed by atoms with Crippen LogP contribution in [0.3, 0.4) is 0 Å². The van der Waals surface area contributed by atoms with Crippen LogP contribution in [-0.4, -0.2) is 32.4 Å². The molecule has 0 unspecified atom stereocenters. The van der Waals surface area contributed by atoms with Gasteiger partial charge in [0.1, 0.15) is 5.60 Å². The van der Waals surface area contributed by atoms with Gasteiger partial charge in [-0.25, -0.2) is 8.42 Å². The number of rotatable bonds is 4. The molecule has 3 heterocycles. The van der Waals surface area contributed by atoms with E-state index in [1.165, 1.54) is 0 Å². The van der Waals surface area contributed by atoms with E-state index >= 15 is 0 Å². The van der Waals surface area contributed by atoms with Gasteiger partial charge in [0.15, 0.2) is 5.79 Å². The maximum absolute atomic E-state index is 13.5. The number of benzene rings is 3. The molecular formula is C27H27NO4S. The van der Waals surface area contributed by atoms with Crippen molar-refractivity contribution in [3.05, 3.63) is 102 Å². The summed E-state index contributed by atoms with van der Waals surface area (Å²) in [5.74, 6) is -0.719. The molecule has 4 atom stereocenters. The maximum Gasteiger partial charge on any atom is 0.243 e. The highest BCUT2D eigenvalue weighted by molar-refractivity contribution is 7.89. The second-order valence-corrected chi connectivity index (χ2v) is 11.4. The van der Waals surface area contributed by atoms with Crippen LogP contribution in [0.4, 0.5) is 0 Å². The van der Waals surface area contributed by atoms with E-state index in [1.807, 2.05) is 67.6 Å². The Balaban J connectivity index is 1.42. The van der Waals surface area contributed by atoms with Crippen LogP contribution in [-0.2, 0) is 30.9 Å². The summed E-state index contributed by atoms with van der Waals surface area (Å²) < 4.78 is 42.1. The molecule has 0 radical (unpaired) electrons. The van der Waals surface area contributed by atoms with E-state index in [2.05, 4.69) is 12.1 Å². The van der Waals surface area contributed by atoms with Gasteiger partial charge in [-0.1, -0.05) is 78.4 Å². The van der Waals surface area contributed by atoms with Crippen LogP contribution in [0, 0.1) is 18.8 Å². The summed E-state index contributed by atoms with van der Waals surface area (Å²) in [6, 6.07) is 27.3. The number of sulfonamides is 1. The van der Waals surface area contributed by atoms with E-state index in [4.69, 9.17) is 9.47 Å². The van der Waals surface area contributed by atoms with E-state index in [0.29, 0.717) is 31.0 Å². The highest BCUT2D eigenvalue weighted by atomic mass is 32.2. The molecule has 0 aliphatic carbocycles. The molecule has 0 amide bonds. The van der Waals surface area contributed by atoms with Crippen molar-refractivity contribution in [1.82, 2.24) is 4.31 Å². The van der Waals surface area contributed by atoms with Crippen molar-refractivity contribution in [2.24, 2.45) is 11.8 Å². The Kier molecular flexibility index (Phi) is 4.79. The Morgan fingerprint density at radius 2 is 1.48 bits per heavy atom. The fraction of sp³-hybridized carbons (Fsp3) is 0.333. The lowest BCUT2D eigenvalue weighted by Crippen LogP contribution is -2.48. The molecule has 3 fully saturated rings. The van der Waals surface area contributed by atoms with Crippen LogP contribution in [0.2, 0.25) is 0 Å². The van der Waals surface area contributed by atoms with Gasteiger partial charge in [0.2, 0.25) is 10.0 Å². The Hall–Kier alpha value is -2.51. The average molecular weight is 462 g/mol. The Morgan fingerprint density at radius 1 is 0.848 bits per heavy atom. The smallest absolute Gasteiger partial charge is 0.243 e. The molecular weight excluding hydrogens is 434 g/mol. The first-order valence-electron chi connectivity index (χ1n) is 11.5. The van der Waals surface area contributed by atoms with Crippen LogP contribution in [0.1, 0.15) is 23.1 Å². The summed E-state index contributed by atoms with van der Waals surface area (Å²) in [6.45, 7) is 3.26. The summed E-state index contributed by atoms with van der Waals surface area (Å²) in [6.07, 6.45) is 0.635. The first kappa shape index (κ1) is 21.1. The van der Waals surface area contributed by atoms with Gasteiger partial charge < -0.3 is 9.47 Å². The molecule has 3 aromatic carbocycles. The molecule has 0 N–H and O–H groups in total. The number of hydrogen-bond acceptors (Lipinski definition) is 4. The van der Waals surface area contributed by atoms with Gasteiger partial charge in [-0.05, 0) is 30.5 Å². The van der Waals surface area contributed by atoms with Gasteiger partial charge in [0.25, 0.3) is 0 Å². The van der Waals surface area contributed by atoms with Crippen LogP contribution >= 0.6 is 0 Å². The Labute approximate surface area is 195 Å². The summed E-state index contributed by atoms with van der Waals surface area (Å²) >= 11 is 0. The standard InChI is InChI=1S/C27H27NO4S/c1-20-12-14-24(15-13-20)33(29,30)28-17-21-16-27(23-10-6-3-7-11-23)31-19-26(32-27,25(21)18-28)22-8-4-2-5-9-22/h2-15,21,25H,16-19H2,1H3/t21-,25-,26+,27+/m1/s1. The lowest BCUT2D eigenvalue weighted by molar-refractivity contribution is -0.249. The topological polar surface area (TPSA) is 55.8 Å². The first-order chi connectivity index (χ1) is 15.9. The zero-order valence-corrected chi connectivity index (χ0v) is 19.4. The van der Waals surface area contributed by atoms with Crippen molar-refractivity contribution in [2.45, 2.75) is 29.6 Å². The predicted molar refractivity (Wildman–Crippen MR) is 125 cm³/mol. The van der Waals surface area contributed by atoms with E-state index in [-0.39, 0.29) is 11.8 Å². The lowest BCUT2D eigenvalue weighted by atomic mass is 9.72. The summed E-state index contributed by atoms with van der Waals surface area (Å²) in [5, 5.41) is 0. The maximum atomic E-state index is 13.5. The normalized spacial score (nSPS) is 31.4. The van der Waals surface area contributed by atoms with Crippen molar-refractivity contribution in [3.8, 4) is 0 Å². The number of hydrogen-bond donors (Lipinski definition) is 0. The van der Waals surface area contributed by atoms with E-state index < -0.39 is 21.4 Å². The molecule has 6 rings (SSSR count). The van der Waals surface area contributed by atoms with Gasteiger partial charge in [0.05, 0.1) is 11.5 Å². The van der Waals surface area contributed by atoms with Crippen molar-refractivity contribution >= 4 is 10.0 Å². The molecule has 6 heteroatoms. The largest absolute Gasteiger partial charge is 0.342 e. The molecule has 3 aliphatic heterocycles. The van der Waals surface area contributed by atoms with Crippen LogP contribution in [0.5, 0.6) is 0 Å². The minimum absolute atomic E-state index is 0.0134.